The molecule has 0 radical (unpaired) electrons. The van der Waals surface area contributed by atoms with Crippen LogP contribution in [-0.4, -0.2) is 45.4 Å². The number of nitrogens with zero attached hydrogens (tertiary/aromatic N) is 1. The summed E-state index contributed by atoms with van der Waals surface area (Å²) < 4.78 is 0. The second kappa shape index (κ2) is 8.01. The largest absolute Gasteiger partial charge is 0.480 e. The van der Waals surface area contributed by atoms with Crippen LogP contribution in [0.1, 0.15) is 53.8 Å². The van der Waals surface area contributed by atoms with Gasteiger partial charge in [-0.2, -0.15) is 0 Å². The van der Waals surface area contributed by atoms with E-state index in [-0.39, 0.29) is 38.0 Å². The molecule has 1 fully saturated rings. The maximum absolute atomic E-state index is 13.0. The maximum Gasteiger partial charge on any atom is 0.323 e. The third-order valence-corrected chi connectivity index (χ3v) is 5.35. The second-order valence-electron chi connectivity index (χ2n) is 5.90. The van der Waals surface area contributed by atoms with Crippen LogP contribution in [0.5, 0.6) is 0 Å². The van der Waals surface area contributed by atoms with Gasteiger partial charge in [0, 0.05) is 23.4 Å². The lowest BCUT2D eigenvalue weighted by molar-refractivity contribution is -0.138. The normalized spacial score (nSPS) is 13.9. The third kappa shape index (κ3) is 4.61. The molecule has 0 bridgehead atoms. The van der Waals surface area contributed by atoms with Crippen LogP contribution in [0.25, 0.3) is 0 Å². The van der Waals surface area contributed by atoms with Crippen molar-refractivity contribution in [3.63, 3.8) is 0 Å². The average Bonchev–Trinajstić information content (AvgIpc) is 2.44. The van der Waals surface area contributed by atoms with E-state index in [0.717, 1.165) is 31.0 Å². The molecule has 1 aliphatic rings. The fraction of sp³-hybridized carbons (Fsp3) is 0.412. The fourth-order valence-corrected chi connectivity index (χ4v) is 3.60. The first-order valence-corrected chi connectivity index (χ1v) is 8.95. The van der Waals surface area contributed by atoms with Crippen molar-refractivity contribution >= 4 is 46.1 Å². The van der Waals surface area contributed by atoms with E-state index in [9.17, 15) is 19.2 Å². The minimum atomic E-state index is -1.12. The average molecular weight is 384 g/mol. The lowest BCUT2D eigenvalue weighted by Gasteiger charge is -2.37. The number of Topliss-reactive ketones (excluding diaryl/α,β-unsaturated/α-hetero) is 1. The maximum atomic E-state index is 13.0. The Morgan fingerprint density at radius 3 is 2.32 bits per heavy atom. The van der Waals surface area contributed by atoms with Gasteiger partial charge < -0.3 is 10.0 Å². The summed E-state index contributed by atoms with van der Waals surface area (Å²) in [7, 11) is 0. The Hall–Kier alpha value is -1.86. The first kappa shape index (κ1) is 19.5. The summed E-state index contributed by atoms with van der Waals surface area (Å²) in [6.45, 7) is 2.25. The van der Waals surface area contributed by atoms with Crippen molar-refractivity contribution in [1.82, 2.24) is 4.90 Å². The van der Waals surface area contributed by atoms with Gasteiger partial charge in [0.1, 0.15) is 6.54 Å². The third-order valence-electron chi connectivity index (χ3n) is 4.01. The number of carbonyl (C=O) groups excluding carboxylic acids is 3. The fourth-order valence-electron chi connectivity index (χ4n) is 2.57. The van der Waals surface area contributed by atoms with Gasteiger partial charge in [-0.05, 0) is 50.1 Å². The summed E-state index contributed by atoms with van der Waals surface area (Å²) in [4.78, 5) is 48.9. The number of ketones is 1. The number of amides is 1. The van der Waals surface area contributed by atoms with Crippen molar-refractivity contribution in [3.05, 3.63) is 28.3 Å². The van der Waals surface area contributed by atoms with E-state index < -0.39 is 18.4 Å². The highest BCUT2D eigenvalue weighted by molar-refractivity contribution is 8.13. The molecule has 0 aromatic heterocycles. The van der Waals surface area contributed by atoms with Crippen LogP contribution < -0.4 is 0 Å². The Bertz CT molecular complexity index is 745. The predicted molar refractivity (Wildman–Crippen MR) is 94.3 cm³/mol. The minimum absolute atomic E-state index is 0.0889. The van der Waals surface area contributed by atoms with Crippen LogP contribution in [0, 0.1) is 0 Å². The van der Waals surface area contributed by atoms with Crippen LogP contribution in [0.3, 0.4) is 0 Å². The number of hydrogen-bond acceptors (Lipinski definition) is 5. The summed E-state index contributed by atoms with van der Waals surface area (Å²) in [5.74, 6) is -1.92. The zero-order valence-corrected chi connectivity index (χ0v) is 15.4. The van der Waals surface area contributed by atoms with E-state index >= 15 is 0 Å². The van der Waals surface area contributed by atoms with E-state index in [1.165, 1.54) is 30.9 Å². The summed E-state index contributed by atoms with van der Waals surface area (Å²) >= 11 is 6.99. The number of aliphatic carboxylic acids is 1. The van der Waals surface area contributed by atoms with Gasteiger partial charge in [-0.25, -0.2) is 0 Å². The number of rotatable bonds is 6. The first-order valence-electron chi connectivity index (χ1n) is 7.76. The summed E-state index contributed by atoms with van der Waals surface area (Å²) in [5.41, 5.74) is 0.330. The summed E-state index contributed by atoms with van der Waals surface area (Å²) in [6.07, 6.45) is 2.39. The standard InChI is InChI=1S/C17H18ClNO5S/c1-9(20)11-6-13(16(14(18)7-11)25-10(2)21)17(24)19(8-15(22)23)12-4-3-5-12/h6-7,12H,3-5,8H2,1-2H3,(H,22,23). The molecule has 0 saturated heterocycles. The smallest absolute Gasteiger partial charge is 0.323 e. The number of carboxylic acid groups (broad SMARTS) is 1. The van der Waals surface area contributed by atoms with Crippen LogP contribution in [-0.2, 0) is 9.59 Å². The molecule has 0 spiro atoms. The summed E-state index contributed by atoms with van der Waals surface area (Å²) in [5, 5.41) is 8.99. The quantitative estimate of drug-likeness (QED) is 0.598. The molecule has 0 heterocycles. The Kier molecular flexibility index (Phi) is 6.24. The van der Waals surface area contributed by atoms with Crippen LogP contribution in [0.2, 0.25) is 5.02 Å². The summed E-state index contributed by atoms with van der Waals surface area (Å²) in [6, 6.07) is 2.64. The number of carbonyl (C=O) groups is 4. The van der Waals surface area contributed by atoms with Gasteiger partial charge >= 0.3 is 5.97 Å². The zero-order chi connectivity index (χ0) is 18.7. The van der Waals surface area contributed by atoms with E-state index in [1.807, 2.05) is 0 Å². The molecule has 25 heavy (non-hydrogen) atoms. The topological polar surface area (TPSA) is 91.8 Å². The monoisotopic (exact) mass is 383 g/mol. The molecule has 0 aliphatic heterocycles. The van der Waals surface area contributed by atoms with Crippen LogP contribution >= 0.6 is 23.4 Å². The minimum Gasteiger partial charge on any atom is -0.480 e. The van der Waals surface area contributed by atoms with E-state index in [4.69, 9.17) is 16.7 Å². The van der Waals surface area contributed by atoms with Crippen molar-refractivity contribution in [2.45, 2.75) is 44.0 Å². The number of benzene rings is 1. The molecule has 0 atom stereocenters. The number of hydrogen-bond donors (Lipinski definition) is 1. The van der Waals surface area contributed by atoms with Crippen molar-refractivity contribution in [1.29, 1.82) is 0 Å². The molecule has 134 valence electrons. The van der Waals surface area contributed by atoms with Gasteiger partial charge in [-0.3, -0.25) is 19.2 Å². The highest BCUT2D eigenvalue weighted by Crippen LogP contribution is 2.35. The molecule has 8 heteroatoms. The van der Waals surface area contributed by atoms with Crippen molar-refractivity contribution < 1.29 is 24.3 Å². The second-order valence-corrected chi connectivity index (χ2v) is 7.49. The molecule has 1 aliphatic carbocycles. The molecule has 1 aromatic rings. The molecule has 1 N–H and O–H groups in total. The molecule has 1 aromatic carbocycles. The molecule has 6 nitrogen and oxygen atoms in total. The Labute approximate surface area is 154 Å². The van der Waals surface area contributed by atoms with Crippen molar-refractivity contribution in [2.24, 2.45) is 0 Å². The number of halogens is 1. The zero-order valence-electron chi connectivity index (χ0n) is 13.9. The van der Waals surface area contributed by atoms with Crippen LogP contribution in [0.15, 0.2) is 17.0 Å². The lowest BCUT2D eigenvalue weighted by atomic mass is 9.90. The van der Waals surface area contributed by atoms with Gasteiger partial charge in [-0.15, -0.1) is 0 Å². The Morgan fingerprint density at radius 1 is 1.24 bits per heavy atom. The van der Waals surface area contributed by atoms with E-state index in [1.54, 1.807) is 0 Å². The number of thioether (sulfide) groups is 1. The van der Waals surface area contributed by atoms with Gasteiger partial charge in [0.05, 0.1) is 10.6 Å². The molecule has 1 amide bonds. The SMILES string of the molecule is CC(=O)Sc1c(Cl)cc(C(C)=O)cc1C(=O)N(CC(=O)O)C1CCC1. The Balaban J connectivity index is 2.51. The number of carboxylic acids is 1. The molecular formula is C17H18ClNO5S. The van der Waals surface area contributed by atoms with Crippen molar-refractivity contribution in [2.75, 3.05) is 6.54 Å². The molecule has 0 unspecified atom stereocenters. The predicted octanol–water partition coefficient (Wildman–Crippen LogP) is 3.26. The molecule has 1 saturated carbocycles. The lowest BCUT2D eigenvalue weighted by Crippen LogP contribution is -2.47. The van der Waals surface area contributed by atoms with Crippen molar-refractivity contribution in [3.8, 4) is 0 Å². The highest BCUT2D eigenvalue weighted by atomic mass is 35.5. The Morgan fingerprint density at radius 2 is 1.88 bits per heavy atom. The van der Waals surface area contributed by atoms with E-state index in [2.05, 4.69) is 0 Å². The van der Waals surface area contributed by atoms with Gasteiger partial charge in [-0.1, -0.05) is 11.6 Å². The first-order chi connectivity index (χ1) is 11.7. The van der Waals surface area contributed by atoms with Crippen LogP contribution in [0.4, 0.5) is 0 Å². The molecular weight excluding hydrogens is 366 g/mol. The van der Waals surface area contributed by atoms with Gasteiger partial charge in [0.15, 0.2) is 10.9 Å². The van der Waals surface area contributed by atoms with Gasteiger partial charge in [0.25, 0.3) is 5.91 Å². The van der Waals surface area contributed by atoms with Gasteiger partial charge in [0.2, 0.25) is 0 Å². The molecule has 2 rings (SSSR count). The van der Waals surface area contributed by atoms with E-state index in [0.29, 0.717) is 0 Å². The highest BCUT2D eigenvalue weighted by Gasteiger charge is 2.33.